The topological polar surface area (TPSA) is 74.6 Å². The lowest BCUT2D eigenvalue weighted by molar-refractivity contribution is 0.0680. The molecule has 0 aromatic heterocycles. The van der Waals surface area contributed by atoms with Gasteiger partial charge in [-0.05, 0) is 42.5 Å². The Morgan fingerprint density at radius 2 is 1.81 bits per heavy atom. The van der Waals surface area contributed by atoms with Crippen molar-refractivity contribution in [3.8, 4) is 0 Å². The second-order valence-electron chi connectivity index (χ2n) is 5.44. The van der Waals surface area contributed by atoms with E-state index in [1.54, 1.807) is 0 Å². The van der Waals surface area contributed by atoms with E-state index >= 15 is 0 Å². The molecule has 0 fully saturated rings. The predicted octanol–water partition coefficient (Wildman–Crippen LogP) is 4.23. The minimum absolute atomic E-state index is 0.150. The van der Waals surface area contributed by atoms with E-state index in [9.17, 15) is 14.7 Å². The zero-order valence-corrected chi connectivity index (χ0v) is 12.8. The van der Waals surface area contributed by atoms with E-state index in [0.717, 1.165) is 25.7 Å². The second-order valence-corrected chi connectivity index (χ2v) is 5.44. The fourth-order valence-corrected chi connectivity index (χ4v) is 2.55. The lowest BCUT2D eigenvalue weighted by Crippen LogP contribution is -2.08. The summed E-state index contributed by atoms with van der Waals surface area (Å²) in [5, 5.41) is 18.2. The zero-order chi connectivity index (χ0) is 15.8. The van der Waals surface area contributed by atoms with Gasteiger partial charge in [0, 0.05) is 0 Å². The minimum atomic E-state index is -1.02. The predicted molar refractivity (Wildman–Crippen MR) is 82.0 cm³/mol. The molecular formula is C17H24O4. The van der Waals surface area contributed by atoms with Crippen molar-refractivity contribution in [3.05, 3.63) is 34.9 Å². The van der Waals surface area contributed by atoms with Crippen molar-refractivity contribution in [1.29, 1.82) is 0 Å². The van der Waals surface area contributed by atoms with Crippen LogP contribution in [0.1, 0.15) is 72.2 Å². The molecule has 0 aliphatic heterocycles. The van der Waals surface area contributed by atoms with E-state index in [2.05, 4.69) is 13.8 Å². The van der Waals surface area contributed by atoms with Crippen LogP contribution in [-0.4, -0.2) is 22.2 Å². The third-order valence-corrected chi connectivity index (χ3v) is 3.95. The minimum Gasteiger partial charge on any atom is -0.478 e. The summed E-state index contributed by atoms with van der Waals surface area (Å²) in [4.78, 5) is 22.3. The van der Waals surface area contributed by atoms with Crippen LogP contribution in [0.5, 0.6) is 0 Å². The molecule has 0 spiro atoms. The Hall–Kier alpha value is -1.84. The van der Waals surface area contributed by atoms with Crippen LogP contribution in [0.25, 0.3) is 0 Å². The maximum atomic E-state index is 11.2. The monoisotopic (exact) mass is 292 g/mol. The summed E-state index contributed by atoms with van der Waals surface area (Å²) in [6.07, 6.45) is 6.07. The summed E-state index contributed by atoms with van der Waals surface area (Å²) in [6, 6.07) is 4.25. The number of rotatable bonds is 9. The Kier molecular flexibility index (Phi) is 6.92. The van der Waals surface area contributed by atoms with Crippen LogP contribution < -0.4 is 0 Å². The zero-order valence-electron chi connectivity index (χ0n) is 12.8. The van der Waals surface area contributed by atoms with Gasteiger partial charge in [-0.1, -0.05) is 39.5 Å². The van der Waals surface area contributed by atoms with Crippen LogP contribution in [0.4, 0.5) is 0 Å². The van der Waals surface area contributed by atoms with Crippen molar-refractivity contribution < 1.29 is 19.8 Å². The lowest BCUT2D eigenvalue weighted by Gasteiger charge is -2.15. The Morgan fingerprint density at radius 1 is 1.10 bits per heavy atom. The molecule has 2 N–H and O–H groups in total. The molecule has 0 amide bonds. The van der Waals surface area contributed by atoms with E-state index in [0.29, 0.717) is 17.9 Å². The fraction of sp³-hybridized carbons (Fsp3) is 0.529. The molecule has 116 valence electrons. The van der Waals surface area contributed by atoms with Gasteiger partial charge in [-0.3, -0.25) is 0 Å². The van der Waals surface area contributed by atoms with Gasteiger partial charge < -0.3 is 10.2 Å². The number of benzene rings is 1. The standard InChI is InChI=1S/C17H24O4/c1-3-5-6-12(4-2)7-8-13-11-14(16(18)19)9-10-15(13)17(20)21/h9-12H,3-8H2,1-2H3,(H,18,19)(H,20,21). The molecular weight excluding hydrogens is 268 g/mol. The Labute approximate surface area is 125 Å². The van der Waals surface area contributed by atoms with Gasteiger partial charge in [-0.2, -0.15) is 0 Å². The molecule has 1 aromatic carbocycles. The summed E-state index contributed by atoms with van der Waals surface area (Å²) in [7, 11) is 0. The third-order valence-electron chi connectivity index (χ3n) is 3.95. The number of aromatic carboxylic acids is 2. The number of hydrogen-bond donors (Lipinski definition) is 2. The Bertz CT molecular complexity index is 494. The molecule has 0 heterocycles. The van der Waals surface area contributed by atoms with Crippen LogP contribution in [-0.2, 0) is 6.42 Å². The van der Waals surface area contributed by atoms with Gasteiger partial charge in [0.1, 0.15) is 0 Å². The average Bonchev–Trinajstić information content (AvgIpc) is 2.46. The van der Waals surface area contributed by atoms with Gasteiger partial charge in [-0.15, -0.1) is 0 Å². The van der Waals surface area contributed by atoms with Crippen molar-refractivity contribution >= 4 is 11.9 Å². The van der Waals surface area contributed by atoms with E-state index in [1.807, 2.05) is 0 Å². The van der Waals surface area contributed by atoms with Crippen molar-refractivity contribution in [2.75, 3.05) is 0 Å². The molecule has 1 unspecified atom stereocenters. The summed E-state index contributed by atoms with van der Waals surface area (Å²) in [5.41, 5.74) is 0.985. The van der Waals surface area contributed by atoms with Crippen LogP contribution in [0, 0.1) is 5.92 Å². The molecule has 0 aliphatic carbocycles. The van der Waals surface area contributed by atoms with Crippen molar-refractivity contribution in [2.45, 2.75) is 52.4 Å². The van der Waals surface area contributed by atoms with Gasteiger partial charge in [0.2, 0.25) is 0 Å². The molecule has 0 saturated heterocycles. The normalized spacial score (nSPS) is 12.1. The van der Waals surface area contributed by atoms with Gasteiger partial charge in [0.15, 0.2) is 0 Å². The summed E-state index contributed by atoms with van der Waals surface area (Å²) < 4.78 is 0. The SMILES string of the molecule is CCCCC(CC)CCc1cc(C(=O)O)ccc1C(=O)O. The first-order valence-electron chi connectivity index (χ1n) is 7.59. The molecule has 1 rings (SSSR count). The molecule has 0 aliphatic rings. The first-order valence-corrected chi connectivity index (χ1v) is 7.59. The molecule has 4 nitrogen and oxygen atoms in total. The highest BCUT2D eigenvalue weighted by atomic mass is 16.4. The van der Waals surface area contributed by atoms with Crippen molar-refractivity contribution in [1.82, 2.24) is 0 Å². The highest BCUT2D eigenvalue weighted by Crippen LogP contribution is 2.22. The van der Waals surface area contributed by atoms with Crippen LogP contribution >= 0.6 is 0 Å². The average molecular weight is 292 g/mol. The number of aryl methyl sites for hydroxylation is 1. The van der Waals surface area contributed by atoms with Crippen LogP contribution in [0.2, 0.25) is 0 Å². The molecule has 0 saturated carbocycles. The Balaban J connectivity index is 2.86. The van der Waals surface area contributed by atoms with E-state index in [4.69, 9.17) is 5.11 Å². The number of carboxylic acid groups (broad SMARTS) is 2. The van der Waals surface area contributed by atoms with Gasteiger partial charge >= 0.3 is 11.9 Å². The number of carbonyl (C=O) groups is 2. The van der Waals surface area contributed by atoms with E-state index in [1.165, 1.54) is 24.6 Å². The summed E-state index contributed by atoms with van der Waals surface area (Å²) >= 11 is 0. The van der Waals surface area contributed by atoms with Gasteiger partial charge in [0.05, 0.1) is 11.1 Å². The van der Waals surface area contributed by atoms with Gasteiger partial charge in [0.25, 0.3) is 0 Å². The maximum absolute atomic E-state index is 11.2. The first-order chi connectivity index (χ1) is 9.99. The summed E-state index contributed by atoms with van der Waals surface area (Å²) in [6.45, 7) is 4.30. The number of carboxylic acids is 2. The lowest BCUT2D eigenvalue weighted by atomic mass is 9.90. The Morgan fingerprint density at radius 3 is 2.33 bits per heavy atom. The largest absolute Gasteiger partial charge is 0.478 e. The molecule has 4 heteroatoms. The van der Waals surface area contributed by atoms with E-state index < -0.39 is 11.9 Å². The second kappa shape index (κ2) is 8.45. The molecule has 0 radical (unpaired) electrons. The highest BCUT2D eigenvalue weighted by Gasteiger charge is 2.15. The molecule has 1 aromatic rings. The molecule has 1 atom stereocenters. The van der Waals surface area contributed by atoms with Crippen LogP contribution in [0.15, 0.2) is 18.2 Å². The number of hydrogen-bond acceptors (Lipinski definition) is 2. The van der Waals surface area contributed by atoms with E-state index in [-0.39, 0.29) is 11.1 Å². The maximum Gasteiger partial charge on any atom is 0.335 e. The molecule has 21 heavy (non-hydrogen) atoms. The van der Waals surface area contributed by atoms with Crippen LogP contribution in [0.3, 0.4) is 0 Å². The third kappa shape index (κ3) is 5.21. The number of unbranched alkanes of at least 4 members (excludes halogenated alkanes) is 1. The molecule has 0 bridgehead atoms. The highest BCUT2D eigenvalue weighted by molar-refractivity contribution is 5.93. The van der Waals surface area contributed by atoms with Crippen molar-refractivity contribution in [2.24, 2.45) is 5.92 Å². The van der Waals surface area contributed by atoms with Crippen molar-refractivity contribution in [3.63, 3.8) is 0 Å². The quantitative estimate of drug-likeness (QED) is 0.714. The smallest absolute Gasteiger partial charge is 0.335 e. The fourth-order valence-electron chi connectivity index (χ4n) is 2.55. The first kappa shape index (κ1) is 17.2. The van der Waals surface area contributed by atoms with Gasteiger partial charge in [-0.25, -0.2) is 9.59 Å². The summed E-state index contributed by atoms with van der Waals surface area (Å²) in [5.74, 6) is -1.45.